The van der Waals surface area contributed by atoms with Gasteiger partial charge in [0.15, 0.2) is 0 Å². The zero-order valence-corrected chi connectivity index (χ0v) is 7.11. The van der Waals surface area contributed by atoms with Crippen molar-refractivity contribution in [2.75, 3.05) is 0 Å². The molecule has 0 unspecified atom stereocenters. The Labute approximate surface area is 70.0 Å². The molecule has 1 aromatic rings. The lowest BCUT2D eigenvalue weighted by Gasteiger charge is -2.12. The Kier molecular flexibility index (Phi) is 1.88. The van der Waals surface area contributed by atoms with Gasteiger partial charge in [0.25, 0.3) is 0 Å². The highest BCUT2D eigenvalue weighted by Crippen LogP contribution is 2.26. The summed E-state index contributed by atoms with van der Waals surface area (Å²) in [5, 5.41) is 15.5. The first-order valence-electron chi connectivity index (χ1n) is 3.18. The van der Waals surface area contributed by atoms with Gasteiger partial charge in [-0.2, -0.15) is 10.4 Å². The quantitative estimate of drug-likeness (QED) is 0.698. The van der Waals surface area contributed by atoms with Gasteiger partial charge in [-0.05, 0) is 13.8 Å². The van der Waals surface area contributed by atoms with Crippen LogP contribution in [0.4, 0.5) is 0 Å². The van der Waals surface area contributed by atoms with E-state index in [4.69, 9.17) is 16.9 Å². The van der Waals surface area contributed by atoms with Gasteiger partial charge >= 0.3 is 0 Å². The summed E-state index contributed by atoms with van der Waals surface area (Å²) in [7, 11) is 0. The van der Waals surface area contributed by atoms with Crippen LogP contribution in [0.15, 0.2) is 6.20 Å². The van der Waals surface area contributed by atoms with Crippen LogP contribution in [-0.4, -0.2) is 10.2 Å². The summed E-state index contributed by atoms with van der Waals surface area (Å²) in [5.41, 5.74) is 0.172. The first-order chi connectivity index (χ1) is 5.08. The maximum atomic E-state index is 8.74. The number of nitriles is 1. The molecule has 0 amide bonds. The molecule has 4 heteroatoms. The predicted molar refractivity (Wildman–Crippen MR) is 42.2 cm³/mol. The molecule has 0 fully saturated rings. The van der Waals surface area contributed by atoms with E-state index in [1.165, 1.54) is 0 Å². The molecule has 0 aliphatic carbocycles. The van der Waals surface area contributed by atoms with E-state index >= 15 is 0 Å². The van der Waals surface area contributed by atoms with Crippen LogP contribution in [-0.2, 0) is 5.41 Å². The molecule has 0 aromatic carbocycles. The maximum Gasteiger partial charge on any atom is 0.128 e. The summed E-state index contributed by atoms with van der Waals surface area (Å²) in [6, 6.07) is 2.14. The zero-order valence-electron chi connectivity index (χ0n) is 6.35. The van der Waals surface area contributed by atoms with E-state index in [1.54, 1.807) is 20.0 Å². The van der Waals surface area contributed by atoms with E-state index in [1.807, 2.05) is 0 Å². The lowest BCUT2D eigenvalue weighted by atomic mass is 9.89. The molecule has 58 valence electrons. The number of hydrogen-bond acceptors (Lipinski definition) is 2. The summed E-state index contributed by atoms with van der Waals surface area (Å²) in [6.07, 6.45) is 1.57. The number of aromatic nitrogens is 2. The number of H-pyrrole nitrogens is 1. The lowest BCUT2D eigenvalue weighted by molar-refractivity contribution is 0.688. The van der Waals surface area contributed by atoms with Gasteiger partial charge in [-0.1, -0.05) is 11.6 Å². The molecule has 1 rings (SSSR count). The van der Waals surface area contributed by atoms with Gasteiger partial charge in [0.2, 0.25) is 0 Å². The topological polar surface area (TPSA) is 52.5 Å². The Bertz CT molecular complexity index is 295. The lowest BCUT2D eigenvalue weighted by Crippen LogP contribution is -2.13. The minimum absolute atomic E-state index is 0.441. The standard InChI is InChI=1S/C7H8ClN3/c1-7(2,4-9)5-3-10-11-6(5)8/h3H,1-2H3,(H,10,11). The van der Waals surface area contributed by atoms with Crippen molar-refractivity contribution >= 4 is 11.6 Å². The highest BCUT2D eigenvalue weighted by Gasteiger charge is 2.23. The fourth-order valence-corrected chi connectivity index (χ4v) is 1.10. The van der Waals surface area contributed by atoms with Crippen LogP contribution < -0.4 is 0 Å². The van der Waals surface area contributed by atoms with Crippen LogP contribution in [0.3, 0.4) is 0 Å². The minimum atomic E-state index is -0.565. The van der Waals surface area contributed by atoms with Crippen molar-refractivity contribution in [2.24, 2.45) is 0 Å². The van der Waals surface area contributed by atoms with Crippen LogP contribution in [0.25, 0.3) is 0 Å². The van der Waals surface area contributed by atoms with Gasteiger partial charge in [-0.3, -0.25) is 5.10 Å². The van der Waals surface area contributed by atoms with E-state index < -0.39 is 5.41 Å². The van der Waals surface area contributed by atoms with Crippen molar-refractivity contribution in [2.45, 2.75) is 19.3 Å². The average molecular weight is 170 g/mol. The first-order valence-corrected chi connectivity index (χ1v) is 3.56. The van der Waals surface area contributed by atoms with Crippen LogP contribution in [0.2, 0.25) is 5.15 Å². The van der Waals surface area contributed by atoms with Crippen LogP contribution in [0.5, 0.6) is 0 Å². The molecular weight excluding hydrogens is 162 g/mol. The molecule has 0 bridgehead atoms. The normalized spacial score (nSPS) is 11.1. The van der Waals surface area contributed by atoms with Crippen molar-refractivity contribution in [3.63, 3.8) is 0 Å². The molecule has 0 atom stereocenters. The van der Waals surface area contributed by atoms with Crippen LogP contribution in [0.1, 0.15) is 19.4 Å². The summed E-state index contributed by atoms with van der Waals surface area (Å²) >= 11 is 5.73. The molecule has 1 N–H and O–H groups in total. The molecule has 3 nitrogen and oxygen atoms in total. The van der Waals surface area contributed by atoms with Gasteiger partial charge < -0.3 is 0 Å². The van der Waals surface area contributed by atoms with Crippen LogP contribution in [0, 0.1) is 11.3 Å². The van der Waals surface area contributed by atoms with E-state index in [9.17, 15) is 0 Å². The molecule has 0 aliphatic rings. The second-order valence-corrected chi connectivity index (χ2v) is 3.21. The molecular formula is C7H8ClN3. The number of nitrogens with one attached hydrogen (secondary N) is 1. The third-order valence-electron chi connectivity index (χ3n) is 1.55. The molecule has 0 aliphatic heterocycles. The first kappa shape index (κ1) is 8.09. The fourth-order valence-electron chi connectivity index (χ4n) is 0.766. The highest BCUT2D eigenvalue weighted by atomic mass is 35.5. The summed E-state index contributed by atoms with van der Waals surface area (Å²) in [6.45, 7) is 3.59. The van der Waals surface area contributed by atoms with Crippen molar-refractivity contribution in [3.8, 4) is 6.07 Å². The Morgan fingerprint density at radius 3 is 2.73 bits per heavy atom. The third kappa shape index (κ3) is 1.36. The maximum absolute atomic E-state index is 8.74. The molecule has 0 saturated carbocycles. The average Bonchev–Trinajstić information content (AvgIpc) is 2.36. The number of aromatic amines is 1. The van der Waals surface area contributed by atoms with Crippen molar-refractivity contribution < 1.29 is 0 Å². The number of rotatable bonds is 1. The fraction of sp³-hybridized carbons (Fsp3) is 0.429. The Balaban J connectivity index is 3.13. The Hall–Kier alpha value is -1.01. The van der Waals surface area contributed by atoms with Gasteiger partial charge in [0, 0.05) is 5.56 Å². The van der Waals surface area contributed by atoms with Crippen molar-refractivity contribution in [3.05, 3.63) is 16.9 Å². The smallest absolute Gasteiger partial charge is 0.128 e. The number of nitrogens with zero attached hydrogens (tertiary/aromatic N) is 2. The van der Waals surface area contributed by atoms with Crippen molar-refractivity contribution in [1.29, 1.82) is 5.26 Å². The summed E-state index contributed by atoms with van der Waals surface area (Å²) in [4.78, 5) is 0. The molecule has 11 heavy (non-hydrogen) atoms. The number of halogens is 1. The van der Waals surface area contributed by atoms with E-state index in [0.717, 1.165) is 5.56 Å². The second kappa shape index (κ2) is 2.55. The zero-order chi connectivity index (χ0) is 8.48. The third-order valence-corrected chi connectivity index (χ3v) is 1.83. The molecule has 1 aromatic heterocycles. The van der Waals surface area contributed by atoms with Gasteiger partial charge in [-0.15, -0.1) is 0 Å². The number of hydrogen-bond donors (Lipinski definition) is 1. The van der Waals surface area contributed by atoms with Gasteiger partial charge in [-0.25, -0.2) is 0 Å². The molecule has 0 saturated heterocycles. The van der Waals surface area contributed by atoms with E-state index in [0.29, 0.717) is 5.15 Å². The molecule has 0 radical (unpaired) electrons. The largest absolute Gasteiger partial charge is 0.267 e. The monoisotopic (exact) mass is 169 g/mol. The second-order valence-electron chi connectivity index (χ2n) is 2.83. The van der Waals surface area contributed by atoms with E-state index in [-0.39, 0.29) is 0 Å². The highest BCUT2D eigenvalue weighted by molar-refractivity contribution is 6.30. The van der Waals surface area contributed by atoms with Gasteiger partial charge in [0.05, 0.1) is 17.7 Å². The SMILES string of the molecule is CC(C)(C#N)c1cn[nH]c1Cl. The van der Waals surface area contributed by atoms with Gasteiger partial charge in [0.1, 0.15) is 5.15 Å². The van der Waals surface area contributed by atoms with Crippen LogP contribution >= 0.6 is 11.6 Å². The molecule has 1 heterocycles. The van der Waals surface area contributed by atoms with Crippen molar-refractivity contribution in [1.82, 2.24) is 10.2 Å². The summed E-state index contributed by atoms with van der Waals surface area (Å²) < 4.78 is 0. The summed E-state index contributed by atoms with van der Waals surface area (Å²) in [5.74, 6) is 0. The Morgan fingerprint density at radius 2 is 2.36 bits per heavy atom. The molecule has 0 spiro atoms. The van der Waals surface area contributed by atoms with E-state index in [2.05, 4.69) is 16.3 Å². The minimum Gasteiger partial charge on any atom is -0.267 e. The Morgan fingerprint density at radius 1 is 1.73 bits per heavy atom. The predicted octanol–water partition coefficient (Wildman–Crippen LogP) is 1.86.